The third-order valence-electron chi connectivity index (χ3n) is 5.93. The van der Waals surface area contributed by atoms with Gasteiger partial charge in [0.2, 0.25) is 0 Å². The van der Waals surface area contributed by atoms with Gasteiger partial charge in [0.1, 0.15) is 16.9 Å². The van der Waals surface area contributed by atoms with Crippen molar-refractivity contribution >= 4 is 11.6 Å². The molecule has 6 nitrogen and oxygen atoms in total. The zero-order valence-electron chi connectivity index (χ0n) is 16.5. The minimum Gasteiger partial charge on any atom is -0.465 e. The van der Waals surface area contributed by atoms with Crippen molar-refractivity contribution in [3.8, 4) is 11.4 Å². The molecule has 1 atom stereocenters. The average Bonchev–Trinajstić information content (AvgIpc) is 3.00. The molecule has 1 unspecified atom stereocenters. The first-order valence-electron chi connectivity index (χ1n) is 9.06. The predicted molar refractivity (Wildman–Crippen MR) is 104 cm³/mol. The first-order valence-corrected chi connectivity index (χ1v) is 9.06. The van der Waals surface area contributed by atoms with Crippen LogP contribution in [0.4, 0.5) is 0 Å². The largest absolute Gasteiger partial charge is 0.465 e. The van der Waals surface area contributed by atoms with Crippen molar-refractivity contribution in [2.24, 2.45) is 7.05 Å². The van der Waals surface area contributed by atoms with Crippen molar-refractivity contribution in [1.29, 1.82) is 0 Å². The zero-order chi connectivity index (χ0) is 19.6. The molecule has 140 valence electrons. The monoisotopic (exact) mass is 365 g/mol. The summed E-state index contributed by atoms with van der Waals surface area (Å²) >= 11 is 0. The van der Waals surface area contributed by atoms with Crippen molar-refractivity contribution in [2.75, 3.05) is 7.11 Å². The number of methoxy groups -OCH3 is 1. The normalized spacial score (nSPS) is 15.6. The highest BCUT2D eigenvalue weighted by Gasteiger charge is 2.31. The van der Waals surface area contributed by atoms with Gasteiger partial charge in [-0.15, -0.1) is 0 Å². The average molecular weight is 365 g/mol. The lowest BCUT2D eigenvalue weighted by molar-refractivity contribution is 0.0598. The predicted octanol–water partition coefficient (Wildman–Crippen LogP) is 3.07. The van der Waals surface area contributed by atoms with Crippen LogP contribution in [0.25, 0.3) is 17.0 Å². The number of esters is 1. The zero-order valence-corrected chi connectivity index (χ0v) is 16.5. The van der Waals surface area contributed by atoms with Crippen LogP contribution in [0, 0.1) is 20.8 Å². The molecule has 0 fully saturated rings. The fourth-order valence-electron chi connectivity index (χ4n) is 4.10. The summed E-state index contributed by atoms with van der Waals surface area (Å²) in [4.78, 5) is 29.7. The Morgan fingerprint density at radius 2 is 1.96 bits per heavy atom. The van der Waals surface area contributed by atoms with Gasteiger partial charge in [0, 0.05) is 13.2 Å². The molecule has 0 radical (unpaired) electrons. The van der Waals surface area contributed by atoms with Gasteiger partial charge < -0.3 is 13.7 Å². The maximum atomic E-state index is 12.8. The summed E-state index contributed by atoms with van der Waals surface area (Å²) < 4.78 is 8.48. The smallest absolute Gasteiger partial charge is 0.343 e. The van der Waals surface area contributed by atoms with E-state index in [9.17, 15) is 9.59 Å². The summed E-state index contributed by atoms with van der Waals surface area (Å²) in [6.45, 7) is 8.40. The Labute approximate surface area is 157 Å². The van der Waals surface area contributed by atoms with Gasteiger partial charge in [-0.25, -0.2) is 9.78 Å². The standard InChI is InChI=1S/C21H23N3O3/c1-10-7-16-17(22-19-13(4)12(3)11(2)9-24(16)19)18-14(10)8-15(21(26)27-6)20(25)23(18)5/h8-10H,7H2,1-6H3. The first kappa shape index (κ1) is 17.5. The molecule has 3 heterocycles. The molecule has 0 amide bonds. The highest BCUT2D eigenvalue weighted by atomic mass is 16.5. The Balaban J connectivity index is 2.10. The molecule has 0 saturated heterocycles. The molecule has 0 N–H and O–H groups in total. The molecule has 3 aromatic rings. The molecule has 27 heavy (non-hydrogen) atoms. The molecule has 0 bridgehead atoms. The van der Waals surface area contributed by atoms with Crippen LogP contribution in [-0.4, -0.2) is 27.0 Å². The summed E-state index contributed by atoms with van der Waals surface area (Å²) in [5.41, 5.74) is 7.91. The summed E-state index contributed by atoms with van der Waals surface area (Å²) in [6.07, 6.45) is 2.92. The second-order valence-electron chi connectivity index (χ2n) is 7.49. The summed E-state index contributed by atoms with van der Waals surface area (Å²) in [6, 6.07) is 1.68. The number of aromatic nitrogens is 3. The van der Waals surface area contributed by atoms with Gasteiger partial charge in [0.25, 0.3) is 5.56 Å². The first-order chi connectivity index (χ1) is 12.8. The van der Waals surface area contributed by atoms with E-state index >= 15 is 0 Å². The minimum absolute atomic E-state index is 0.0701. The van der Waals surface area contributed by atoms with Crippen molar-refractivity contribution in [2.45, 2.75) is 40.0 Å². The van der Waals surface area contributed by atoms with Gasteiger partial charge in [-0.3, -0.25) is 4.79 Å². The number of nitrogens with zero attached hydrogens (tertiary/aromatic N) is 3. The summed E-state index contributed by atoms with van der Waals surface area (Å²) in [5, 5.41) is 0. The van der Waals surface area contributed by atoms with Crippen molar-refractivity contribution in [3.05, 3.63) is 56.1 Å². The highest BCUT2D eigenvalue weighted by Crippen LogP contribution is 2.39. The number of carbonyl (C=O) groups excluding carboxylic acids is 1. The Morgan fingerprint density at radius 3 is 2.63 bits per heavy atom. The maximum Gasteiger partial charge on any atom is 0.343 e. The number of aryl methyl sites for hydroxylation is 2. The molecule has 0 spiro atoms. The number of fused-ring (bicyclic) bond motifs is 5. The van der Waals surface area contributed by atoms with Crippen LogP contribution in [0.5, 0.6) is 0 Å². The lowest BCUT2D eigenvalue weighted by atomic mass is 9.86. The molecular weight excluding hydrogens is 342 g/mol. The van der Waals surface area contributed by atoms with Crippen LogP contribution >= 0.6 is 0 Å². The molecule has 0 aliphatic heterocycles. The van der Waals surface area contributed by atoms with Gasteiger partial charge in [-0.1, -0.05) is 6.92 Å². The summed E-state index contributed by atoms with van der Waals surface area (Å²) in [7, 11) is 2.99. The lowest BCUT2D eigenvalue weighted by Gasteiger charge is -2.25. The molecule has 0 aromatic carbocycles. The molecular formula is C21H23N3O3. The Bertz CT molecular complexity index is 1180. The number of pyridine rings is 2. The summed E-state index contributed by atoms with van der Waals surface area (Å²) in [5.74, 6) is -0.446. The number of hydrogen-bond acceptors (Lipinski definition) is 4. The van der Waals surface area contributed by atoms with E-state index in [2.05, 4.69) is 38.3 Å². The van der Waals surface area contributed by atoms with Crippen LogP contribution in [0.1, 0.15) is 51.1 Å². The number of hydrogen-bond donors (Lipinski definition) is 0. The van der Waals surface area contributed by atoms with E-state index in [-0.39, 0.29) is 17.0 Å². The van der Waals surface area contributed by atoms with Gasteiger partial charge in [-0.05, 0) is 61.4 Å². The van der Waals surface area contributed by atoms with E-state index in [4.69, 9.17) is 9.72 Å². The maximum absolute atomic E-state index is 12.8. The highest BCUT2D eigenvalue weighted by molar-refractivity contribution is 5.90. The Kier molecular flexibility index (Phi) is 3.77. The molecule has 3 aromatic heterocycles. The second-order valence-corrected chi connectivity index (χ2v) is 7.49. The number of rotatable bonds is 1. The fraction of sp³-hybridized carbons (Fsp3) is 0.381. The Morgan fingerprint density at radius 1 is 1.26 bits per heavy atom. The van der Waals surface area contributed by atoms with Crippen LogP contribution in [0.3, 0.4) is 0 Å². The van der Waals surface area contributed by atoms with Crippen molar-refractivity contribution < 1.29 is 9.53 Å². The second kappa shape index (κ2) is 5.81. The van der Waals surface area contributed by atoms with E-state index in [1.807, 2.05) is 0 Å². The molecule has 1 aliphatic rings. The van der Waals surface area contributed by atoms with Crippen molar-refractivity contribution in [1.82, 2.24) is 14.0 Å². The van der Waals surface area contributed by atoms with Crippen LogP contribution in [0.2, 0.25) is 0 Å². The number of carbonyl (C=O) groups is 1. The van der Waals surface area contributed by atoms with Gasteiger partial charge in [0.05, 0.1) is 18.5 Å². The lowest BCUT2D eigenvalue weighted by Crippen LogP contribution is -2.29. The van der Waals surface area contributed by atoms with Crippen LogP contribution in [-0.2, 0) is 18.2 Å². The third-order valence-corrected chi connectivity index (χ3v) is 5.93. The molecule has 6 heteroatoms. The van der Waals surface area contributed by atoms with Crippen molar-refractivity contribution in [3.63, 3.8) is 0 Å². The van der Waals surface area contributed by atoms with E-state index in [1.165, 1.54) is 22.8 Å². The van der Waals surface area contributed by atoms with E-state index in [0.717, 1.165) is 40.3 Å². The van der Waals surface area contributed by atoms with Gasteiger partial charge >= 0.3 is 5.97 Å². The van der Waals surface area contributed by atoms with Crippen LogP contribution in [0.15, 0.2) is 17.1 Å². The minimum atomic E-state index is -0.603. The molecule has 1 aliphatic carbocycles. The van der Waals surface area contributed by atoms with E-state index in [1.54, 1.807) is 13.1 Å². The van der Waals surface area contributed by atoms with E-state index in [0.29, 0.717) is 0 Å². The quantitative estimate of drug-likeness (QED) is 0.622. The number of ether oxygens (including phenoxy) is 1. The molecule has 0 saturated carbocycles. The Hall–Kier alpha value is -2.89. The number of imidazole rings is 1. The van der Waals surface area contributed by atoms with E-state index < -0.39 is 5.97 Å². The topological polar surface area (TPSA) is 65.6 Å². The third kappa shape index (κ3) is 2.29. The SMILES string of the molecule is COC(=O)c1cc2c(n(C)c1=O)-c1nc3c(C)c(C)c(C)cn3c1CC2C. The van der Waals surface area contributed by atoms with Crippen LogP contribution < -0.4 is 5.56 Å². The fourth-order valence-corrected chi connectivity index (χ4v) is 4.10. The molecule has 4 rings (SSSR count). The van der Waals surface area contributed by atoms with Gasteiger partial charge in [-0.2, -0.15) is 0 Å². The van der Waals surface area contributed by atoms with Gasteiger partial charge in [0.15, 0.2) is 0 Å².